The predicted molar refractivity (Wildman–Crippen MR) is 37.7 cm³/mol. The molecule has 0 bridgehead atoms. The first kappa shape index (κ1) is 7.40. The lowest BCUT2D eigenvalue weighted by atomic mass is 10.4. The molecule has 0 amide bonds. The Balaban J connectivity index is 3.57. The first-order valence-electron chi connectivity index (χ1n) is 2.86. The van der Waals surface area contributed by atoms with Gasteiger partial charge in [0.05, 0.1) is 0 Å². The third kappa shape index (κ3) is 1.40. The van der Waals surface area contributed by atoms with Crippen LogP contribution in [0.2, 0.25) is 0 Å². The maximum absolute atomic E-state index is 10.7. The molecule has 11 heavy (non-hydrogen) atoms. The molecule has 0 saturated carbocycles. The van der Waals surface area contributed by atoms with Gasteiger partial charge in [-0.1, -0.05) is 0 Å². The van der Waals surface area contributed by atoms with Gasteiger partial charge in [-0.2, -0.15) is 0 Å². The van der Waals surface area contributed by atoms with Gasteiger partial charge in [0.15, 0.2) is 11.5 Å². The monoisotopic (exact) mass is 154 g/mol. The Morgan fingerprint density at radius 2 is 1.64 bits per heavy atom. The van der Waals surface area contributed by atoms with Crippen molar-refractivity contribution in [3.05, 3.63) is 28.4 Å². The second kappa shape index (κ2) is 2.49. The van der Waals surface area contributed by atoms with Crippen molar-refractivity contribution in [1.82, 2.24) is 0 Å². The Labute approximate surface area is 62.0 Å². The molecule has 0 fully saturated rings. The van der Waals surface area contributed by atoms with Crippen LogP contribution in [-0.4, -0.2) is 15.3 Å². The molecule has 0 spiro atoms. The summed E-state index contributed by atoms with van der Waals surface area (Å²) >= 11 is 0. The van der Waals surface area contributed by atoms with E-state index in [0.717, 1.165) is 18.2 Å². The number of hydrogen-bond donors (Lipinski definition) is 3. The number of hydrogen-bond acceptors (Lipinski definition) is 4. The van der Waals surface area contributed by atoms with E-state index in [1.165, 1.54) is 0 Å². The maximum atomic E-state index is 10.7. The van der Waals surface area contributed by atoms with E-state index < -0.39 is 16.9 Å². The zero-order valence-corrected chi connectivity index (χ0v) is 5.48. The summed E-state index contributed by atoms with van der Waals surface area (Å²) in [6.07, 6.45) is 0. The summed E-state index contributed by atoms with van der Waals surface area (Å²) in [7, 11) is 0. The molecule has 0 unspecified atom stereocenters. The van der Waals surface area contributed by atoms with Gasteiger partial charge in [0.2, 0.25) is 0 Å². The van der Waals surface area contributed by atoms with Crippen molar-refractivity contribution in [3.8, 4) is 17.2 Å². The van der Waals surface area contributed by atoms with Crippen molar-refractivity contribution in [1.29, 1.82) is 0 Å². The maximum Gasteiger partial charge on any atom is 0.261 e. The lowest BCUT2D eigenvalue weighted by Crippen LogP contribution is -1.93. The molecule has 0 atom stereocenters. The Kier molecular flexibility index (Phi) is 1.68. The average Bonchev–Trinajstić information content (AvgIpc) is 2.05. The second-order valence-corrected chi connectivity index (χ2v) is 2.00. The van der Waals surface area contributed by atoms with Crippen LogP contribution in [0.3, 0.4) is 0 Å². The topological polar surface area (TPSA) is 77.8 Å². The van der Waals surface area contributed by atoms with Gasteiger partial charge in [-0.15, -0.1) is 0 Å². The van der Waals surface area contributed by atoms with Gasteiger partial charge >= 0.3 is 0 Å². The molecule has 0 aromatic heterocycles. The fourth-order valence-electron chi connectivity index (χ4n) is 0.625. The largest absolute Gasteiger partial charge is 0.508 e. The summed E-state index contributed by atoms with van der Waals surface area (Å²) in [4.78, 5) is 10.7. The van der Waals surface area contributed by atoms with Crippen LogP contribution in [0.5, 0.6) is 17.2 Å². The van der Waals surface area contributed by atoms with Crippen molar-refractivity contribution in [3.63, 3.8) is 0 Å². The van der Waals surface area contributed by atoms with Gasteiger partial charge in [-0.05, 0) is 12.1 Å². The van der Waals surface area contributed by atoms with E-state index in [1.807, 2.05) is 0 Å². The first-order valence-corrected chi connectivity index (χ1v) is 2.86. The summed E-state index contributed by atoms with van der Waals surface area (Å²) < 4.78 is 0. The summed E-state index contributed by atoms with van der Waals surface area (Å²) in [5.74, 6) is -1.55. The zero-order valence-electron chi connectivity index (χ0n) is 5.48. The van der Waals surface area contributed by atoms with Gasteiger partial charge in [-0.3, -0.25) is 4.79 Å². The third-order valence-electron chi connectivity index (χ3n) is 1.16. The van der Waals surface area contributed by atoms with Crippen molar-refractivity contribution in [2.45, 2.75) is 0 Å². The molecule has 0 aliphatic carbocycles. The minimum Gasteiger partial charge on any atom is -0.508 e. The molecule has 3 N–H and O–H groups in total. The lowest BCUT2D eigenvalue weighted by Gasteiger charge is -1.82. The highest BCUT2D eigenvalue weighted by atomic mass is 16.3. The molecule has 0 aliphatic heterocycles. The minimum atomic E-state index is -0.898. The van der Waals surface area contributed by atoms with Crippen LogP contribution in [0.4, 0.5) is 0 Å². The fraction of sp³-hybridized carbons (Fsp3) is 0. The van der Waals surface area contributed by atoms with Crippen LogP contribution >= 0.6 is 0 Å². The number of aromatic hydroxyl groups is 3. The van der Waals surface area contributed by atoms with Crippen LogP contribution in [0.15, 0.2) is 23.0 Å². The van der Waals surface area contributed by atoms with Crippen LogP contribution in [0.1, 0.15) is 0 Å². The molecule has 1 rings (SSSR count). The molecule has 4 heteroatoms. The molecule has 4 nitrogen and oxygen atoms in total. The van der Waals surface area contributed by atoms with Crippen molar-refractivity contribution >= 4 is 0 Å². The van der Waals surface area contributed by atoms with Crippen molar-refractivity contribution in [2.75, 3.05) is 0 Å². The van der Waals surface area contributed by atoms with E-state index in [0.29, 0.717) is 0 Å². The van der Waals surface area contributed by atoms with Gasteiger partial charge in [0.1, 0.15) is 5.75 Å². The predicted octanol–water partition coefficient (Wildman–Crippen LogP) is 0.164. The van der Waals surface area contributed by atoms with Gasteiger partial charge < -0.3 is 15.3 Å². The highest BCUT2D eigenvalue weighted by Crippen LogP contribution is 2.14. The zero-order chi connectivity index (χ0) is 8.43. The Morgan fingerprint density at radius 1 is 1.00 bits per heavy atom. The van der Waals surface area contributed by atoms with Gasteiger partial charge in [0, 0.05) is 6.07 Å². The molecule has 58 valence electrons. The SMILES string of the molecule is O=c1c(O)ccc(O)cc1O. The first-order chi connectivity index (χ1) is 5.11. The van der Waals surface area contributed by atoms with E-state index in [1.54, 1.807) is 0 Å². The summed E-state index contributed by atoms with van der Waals surface area (Å²) in [6, 6.07) is 2.98. The van der Waals surface area contributed by atoms with Gasteiger partial charge in [-0.25, -0.2) is 0 Å². The van der Waals surface area contributed by atoms with Crippen LogP contribution < -0.4 is 5.43 Å². The van der Waals surface area contributed by atoms with Crippen molar-refractivity contribution in [2.24, 2.45) is 0 Å². The molecular weight excluding hydrogens is 148 g/mol. The third-order valence-corrected chi connectivity index (χ3v) is 1.16. The molecule has 0 aliphatic rings. The van der Waals surface area contributed by atoms with E-state index in [-0.39, 0.29) is 5.75 Å². The number of rotatable bonds is 0. The smallest absolute Gasteiger partial charge is 0.261 e. The molecule has 0 radical (unpaired) electrons. The molecule has 0 heterocycles. The Morgan fingerprint density at radius 3 is 2.27 bits per heavy atom. The molecule has 1 aromatic carbocycles. The second-order valence-electron chi connectivity index (χ2n) is 2.00. The summed E-state index contributed by atoms with van der Waals surface area (Å²) in [5, 5.41) is 26.4. The minimum absolute atomic E-state index is 0.278. The molecule has 1 aromatic rings. The highest BCUT2D eigenvalue weighted by molar-refractivity contribution is 5.35. The standard InChI is InChI=1S/C7H6O4/c8-4-1-2-5(9)7(11)6(10)3-4/h1-3,8H,(H2,9,10,11). The quantitative estimate of drug-likeness (QED) is 0.497. The van der Waals surface area contributed by atoms with Crippen molar-refractivity contribution < 1.29 is 15.3 Å². The average molecular weight is 154 g/mol. The van der Waals surface area contributed by atoms with E-state index in [4.69, 9.17) is 15.3 Å². The van der Waals surface area contributed by atoms with E-state index in [9.17, 15) is 4.79 Å². The Bertz CT molecular complexity index is 332. The fourth-order valence-corrected chi connectivity index (χ4v) is 0.625. The van der Waals surface area contributed by atoms with Gasteiger partial charge in [0.25, 0.3) is 5.43 Å². The van der Waals surface area contributed by atoms with E-state index in [2.05, 4.69) is 0 Å². The van der Waals surface area contributed by atoms with Crippen LogP contribution in [0, 0.1) is 0 Å². The summed E-state index contributed by atoms with van der Waals surface area (Å²) in [5.41, 5.74) is -0.898. The lowest BCUT2D eigenvalue weighted by molar-refractivity contribution is 0.440. The molecular formula is C7H6O4. The Hall–Kier alpha value is -1.71. The van der Waals surface area contributed by atoms with Crippen LogP contribution in [-0.2, 0) is 0 Å². The normalized spacial score (nSPS) is 9.45. The van der Waals surface area contributed by atoms with E-state index >= 15 is 0 Å². The highest BCUT2D eigenvalue weighted by Gasteiger charge is 2.00. The molecule has 0 saturated heterocycles. The van der Waals surface area contributed by atoms with Crippen LogP contribution in [0.25, 0.3) is 0 Å². The summed E-state index contributed by atoms with van der Waals surface area (Å²) in [6.45, 7) is 0.